The SMILES string of the molecule is CC(Cc1ccsc1)NCC(=O)N1CCCCC1. The van der Waals surface area contributed by atoms with Crippen LogP contribution in [0.25, 0.3) is 0 Å². The third kappa shape index (κ3) is 4.10. The summed E-state index contributed by atoms with van der Waals surface area (Å²) in [4.78, 5) is 14.0. The summed E-state index contributed by atoms with van der Waals surface area (Å²) in [6, 6.07) is 2.50. The molecule has 1 fully saturated rings. The molecule has 1 N–H and O–H groups in total. The van der Waals surface area contributed by atoms with Crippen molar-refractivity contribution < 1.29 is 4.79 Å². The highest BCUT2D eigenvalue weighted by Gasteiger charge is 2.16. The fourth-order valence-corrected chi connectivity index (χ4v) is 3.03. The van der Waals surface area contributed by atoms with Crippen LogP contribution in [-0.4, -0.2) is 36.5 Å². The van der Waals surface area contributed by atoms with E-state index in [2.05, 4.69) is 29.1 Å². The zero-order chi connectivity index (χ0) is 12.8. The van der Waals surface area contributed by atoms with Gasteiger partial charge in [-0.1, -0.05) is 0 Å². The van der Waals surface area contributed by atoms with Gasteiger partial charge in [-0.15, -0.1) is 0 Å². The molecule has 1 aliphatic heterocycles. The molecule has 2 rings (SSSR count). The van der Waals surface area contributed by atoms with Crippen molar-refractivity contribution in [3.05, 3.63) is 22.4 Å². The van der Waals surface area contributed by atoms with Crippen LogP contribution < -0.4 is 5.32 Å². The highest BCUT2D eigenvalue weighted by molar-refractivity contribution is 7.07. The average Bonchev–Trinajstić information content (AvgIpc) is 2.90. The lowest BCUT2D eigenvalue weighted by Gasteiger charge is -2.27. The predicted octanol–water partition coefficient (Wildman–Crippen LogP) is 2.28. The van der Waals surface area contributed by atoms with Gasteiger partial charge in [0.2, 0.25) is 5.91 Å². The summed E-state index contributed by atoms with van der Waals surface area (Å²) in [5, 5.41) is 7.60. The Kier molecular flexibility index (Phi) is 5.20. The van der Waals surface area contributed by atoms with Crippen LogP contribution in [0.15, 0.2) is 16.8 Å². The number of carbonyl (C=O) groups excluding carboxylic acids is 1. The summed E-state index contributed by atoms with van der Waals surface area (Å²) in [5.74, 6) is 0.256. The zero-order valence-electron chi connectivity index (χ0n) is 11.0. The van der Waals surface area contributed by atoms with Gasteiger partial charge in [-0.25, -0.2) is 0 Å². The van der Waals surface area contributed by atoms with Crippen LogP contribution in [0.2, 0.25) is 0 Å². The Bertz CT molecular complexity index is 358. The molecule has 100 valence electrons. The van der Waals surface area contributed by atoms with Crippen molar-refractivity contribution in [3.63, 3.8) is 0 Å². The lowest BCUT2D eigenvalue weighted by Crippen LogP contribution is -2.43. The largest absolute Gasteiger partial charge is 0.342 e. The fourth-order valence-electron chi connectivity index (χ4n) is 2.35. The smallest absolute Gasteiger partial charge is 0.236 e. The number of carbonyl (C=O) groups is 1. The van der Waals surface area contributed by atoms with Crippen LogP contribution in [0, 0.1) is 0 Å². The molecular weight excluding hydrogens is 244 g/mol. The van der Waals surface area contributed by atoms with E-state index in [0.29, 0.717) is 12.6 Å². The van der Waals surface area contributed by atoms with Gasteiger partial charge in [0.1, 0.15) is 0 Å². The molecule has 0 aromatic carbocycles. The van der Waals surface area contributed by atoms with Gasteiger partial charge in [0, 0.05) is 19.1 Å². The maximum Gasteiger partial charge on any atom is 0.236 e. The van der Waals surface area contributed by atoms with Crippen LogP contribution in [0.4, 0.5) is 0 Å². The van der Waals surface area contributed by atoms with Crippen molar-refractivity contribution in [3.8, 4) is 0 Å². The minimum absolute atomic E-state index is 0.256. The van der Waals surface area contributed by atoms with Crippen LogP contribution in [-0.2, 0) is 11.2 Å². The molecule has 0 bridgehead atoms. The van der Waals surface area contributed by atoms with Crippen LogP contribution in [0.3, 0.4) is 0 Å². The quantitative estimate of drug-likeness (QED) is 0.887. The minimum Gasteiger partial charge on any atom is -0.342 e. The number of piperidine rings is 1. The Morgan fingerprint density at radius 2 is 2.22 bits per heavy atom. The highest BCUT2D eigenvalue weighted by Crippen LogP contribution is 2.10. The Labute approximate surface area is 113 Å². The molecule has 1 saturated heterocycles. The first kappa shape index (κ1) is 13.6. The second-order valence-corrected chi connectivity index (χ2v) is 5.84. The third-order valence-corrected chi connectivity index (χ3v) is 4.16. The number of amides is 1. The van der Waals surface area contributed by atoms with Crippen molar-refractivity contribution in [2.24, 2.45) is 0 Å². The zero-order valence-corrected chi connectivity index (χ0v) is 11.8. The molecule has 1 unspecified atom stereocenters. The van der Waals surface area contributed by atoms with Gasteiger partial charge >= 0.3 is 0 Å². The van der Waals surface area contributed by atoms with E-state index in [4.69, 9.17) is 0 Å². The van der Waals surface area contributed by atoms with Crippen molar-refractivity contribution in [2.75, 3.05) is 19.6 Å². The molecule has 0 radical (unpaired) electrons. The first-order valence-electron chi connectivity index (χ1n) is 6.78. The molecular formula is C14H22N2OS. The van der Waals surface area contributed by atoms with Crippen molar-refractivity contribution in [2.45, 2.75) is 38.6 Å². The number of hydrogen-bond acceptors (Lipinski definition) is 3. The van der Waals surface area contributed by atoms with Crippen LogP contribution >= 0.6 is 11.3 Å². The summed E-state index contributed by atoms with van der Waals surface area (Å²) in [7, 11) is 0. The molecule has 18 heavy (non-hydrogen) atoms. The minimum atomic E-state index is 0.256. The molecule has 0 spiro atoms. The van der Waals surface area contributed by atoms with Gasteiger partial charge in [0.05, 0.1) is 6.54 Å². The Morgan fingerprint density at radius 1 is 1.44 bits per heavy atom. The van der Waals surface area contributed by atoms with Crippen molar-refractivity contribution in [1.82, 2.24) is 10.2 Å². The molecule has 1 amide bonds. The van der Waals surface area contributed by atoms with Gasteiger partial charge in [-0.05, 0) is 55.0 Å². The maximum atomic E-state index is 12.0. The summed E-state index contributed by atoms with van der Waals surface area (Å²) in [5.41, 5.74) is 1.35. The molecule has 0 saturated carbocycles. The topological polar surface area (TPSA) is 32.3 Å². The van der Waals surface area contributed by atoms with Crippen molar-refractivity contribution in [1.29, 1.82) is 0 Å². The van der Waals surface area contributed by atoms with E-state index in [0.717, 1.165) is 32.4 Å². The number of thiophene rings is 1. The monoisotopic (exact) mass is 266 g/mol. The molecule has 3 nitrogen and oxygen atoms in total. The number of likely N-dealkylation sites (tertiary alicyclic amines) is 1. The third-order valence-electron chi connectivity index (χ3n) is 3.43. The Hall–Kier alpha value is -0.870. The maximum absolute atomic E-state index is 12.0. The van der Waals surface area contributed by atoms with Gasteiger partial charge in [0.25, 0.3) is 0 Å². The molecule has 4 heteroatoms. The summed E-state index contributed by atoms with van der Waals surface area (Å²) >= 11 is 1.73. The normalized spacial score (nSPS) is 17.7. The van der Waals surface area contributed by atoms with Gasteiger partial charge in [0.15, 0.2) is 0 Å². The summed E-state index contributed by atoms with van der Waals surface area (Å²) in [6.07, 6.45) is 4.59. The Morgan fingerprint density at radius 3 is 2.89 bits per heavy atom. The highest BCUT2D eigenvalue weighted by atomic mass is 32.1. The number of hydrogen-bond donors (Lipinski definition) is 1. The average molecular weight is 266 g/mol. The number of nitrogens with one attached hydrogen (secondary N) is 1. The summed E-state index contributed by atoms with van der Waals surface area (Å²) in [6.45, 7) is 4.51. The lowest BCUT2D eigenvalue weighted by molar-refractivity contribution is -0.131. The predicted molar refractivity (Wildman–Crippen MR) is 75.9 cm³/mol. The number of nitrogens with zero attached hydrogens (tertiary/aromatic N) is 1. The van der Waals surface area contributed by atoms with Gasteiger partial charge < -0.3 is 10.2 Å². The van der Waals surface area contributed by atoms with E-state index >= 15 is 0 Å². The van der Waals surface area contributed by atoms with E-state index in [-0.39, 0.29) is 5.91 Å². The van der Waals surface area contributed by atoms with E-state index in [1.165, 1.54) is 12.0 Å². The molecule has 1 aliphatic rings. The molecule has 2 heterocycles. The second-order valence-electron chi connectivity index (χ2n) is 5.06. The number of rotatable bonds is 5. The van der Waals surface area contributed by atoms with Gasteiger partial charge in [-0.3, -0.25) is 4.79 Å². The van der Waals surface area contributed by atoms with Crippen LogP contribution in [0.1, 0.15) is 31.7 Å². The van der Waals surface area contributed by atoms with Gasteiger partial charge in [-0.2, -0.15) is 11.3 Å². The Balaban J connectivity index is 1.68. The summed E-state index contributed by atoms with van der Waals surface area (Å²) < 4.78 is 0. The van der Waals surface area contributed by atoms with E-state index in [1.54, 1.807) is 11.3 Å². The van der Waals surface area contributed by atoms with E-state index < -0.39 is 0 Å². The van der Waals surface area contributed by atoms with Crippen molar-refractivity contribution >= 4 is 17.2 Å². The molecule has 0 aliphatic carbocycles. The molecule has 1 atom stereocenters. The van der Waals surface area contributed by atoms with E-state index in [9.17, 15) is 4.79 Å². The van der Waals surface area contributed by atoms with E-state index in [1.807, 2.05) is 4.90 Å². The van der Waals surface area contributed by atoms with Crippen LogP contribution in [0.5, 0.6) is 0 Å². The molecule has 1 aromatic heterocycles. The first-order chi connectivity index (χ1) is 8.75. The standard InChI is InChI=1S/C14H22N2OS/c1-12(9-13-5-8-18-11-13)15-10-14(17)16-6-3-2-4-7-16/h5,8,11-12,15H,2-4,6-7,9-10H2,1H3. The first-order valence-corrected chi connectivity index (χ1v) is 7.72. The molecule has 1 aromatic rings. The lowest BCUT2D eigenvalue weighted by atomic mass is 10.1. The second kappa shape index (κ2) is 6.90. The fraction of sp³-hybridized carbons (Fsp3) is 0.643.